The number of unbranched alkanes of at least 4 members (excludes halogenated alkanes) is 2. The van der Waals surface area contributed by atoms with Gasteiger partial charge in [0.05, 0.1) is 31.0 Å². The molecule has 9 amide bonds. The van der Waals surface area contributed by atoms with Gasteiger partial charge in [0.1, 0.15) is 60.1 Å². The van der Waals surface area contributed by atoms with Gasteiger partial charge in [-0.3, -0.25) is 43.2 Å². The molecule has 3 aliphatic heterocycles. The van der Waals surface area contributed by atoms with Crippen LogP contribution in [0.2, 0.25) is 0 Å². The van der Waals surface area contributed by atoms with Gasteiger partial charge in [0.25, 0.3) is 0 Å². The number of aromatic hydroxyl groups is 3. The van der Waals surface area contributed by atoms with Gasteiger partial charge < -0.3 is 104 Å². The number of aliphatic hydroxyl groups is 4. The number of amides is 9. The van der Waals surface area contributed by atoms with Gasteiger partial charge in [0, 0.05) is 38.9 Å². The van der Waals surface area contributed by atoms with E-state index in [4.69, 9.17) is 11.5 Å². The summed E-state index contributed by atoms with van der Waals surface area (Å²) in [5, 5.41) is 102. The minimum atomic E-state index is -1.89. The molecular formula is C56H84N12O18. The average molecular weight is 1210 g/mol. The number of nitrogens with zero attached hydrogens (tertiary/aromatic N) is 3. The molecule has 0 aliphatic carbocycles. The van der Waals surface area contributed by atoms with Crippen molar-refractivity contribution in [2.75, 3.05) is 46.4 Å². The van der Waals surface area contributed by atoms with E-state index in [-0.39, 0.29) is 63.1 Å². The van der Waals surface area contributed by atoms with E-state index in [0.29, 0.717) is 44.2 Å². The molecule has 2 aromatic rings. The lowest BCUT2D eigenvalue weighted by atomic mass is 10.0. The summed E-state index contributed by atoms with van der Waals surface area (Å²) in [6.45, 7) is 1.65. The van der Waals surface area contributed by atoms with Gasteiger partial charge in [0.2, 0.25) is 53.2 Å². The maximum atomic E-state index is 14.9. The predicted octanol–water partition coefficient (Wildman–Crippen LogP) is -5.26. The second-order valence-electron chi connectivity index (χ2n) is 21.9. The van der Waals surface area contributed by atoms with Crippen LogP contribution in [0.15, 0.2) is 42.5 Å². The predicted molar refractivity (Wildman–Crippen MR) is 305 cm³/mol. The third kappa shape index (κ3) is 18.6. The molecule has 30 heteroatoms. The van der Waals surface area contributed by atoms with Crippen LogP contribution in [-0.2, 0) is 60.8 Å². The quantitative estimate of drug-likeness (QED) is 0.0248. The molecule has 0 aromatic heterocycles. The lowest BCUT2D eigenvalue weighted by Gasteiger charge is -2.34. The van der Waals surface area contributed by atoms with E-state index in [0.717, 1.165) is 28.9 Å². The Kier molecular flexibility index (Phi) is 26.2. The van der Waals surface area contributed by atoms with Crippen LogP contribution in [-0.4, -0.2) is 240 Å². The number of carbonyl (C=O) groups is 10. The number of carboxylic acid groups (broad SMARTS) is 1. The molecule has 13 atom stereocenters. The maximum Gasteiger partial charge on any atom is 0.326 e. The van der Waals surface area contributed by atoms with Gasteiger partial charge in [-0.05, 0) is 127 Å². The summed E-state index contributed by atoms with van der Waals surface area (Å²) in [6.07, 6.45) is -3.49. The largest absolute Gasteiger partial charge is 0.508 e. The molecular weight excluding hydrogens is 1130 g/mol. The number of hydrogen-bond donors (Lipinski definition) is 17. The number of likely N-dealkylation sites (N-methyl/N-ethyl adjacent to an activating group) is 1. The van der Waals surface area contributed by atoms with E-state index in [1.54, 1.807) is 14.0 Å². The fourth-order valence-electron chi connectivity index (χ4n) is 10.6. The Morgan fingerprint density at radius 1 is 0.616 bits per heavy atom. The Balaban J connectivity index is 1.35. The third-order valence-corrected chi connectivity index (χ3v) is 15.5. The van der Waals surface area contributed by atoms with Crippen molar-refractivity contribution < 1.29 is 88.8 Å². The van der Waals surface area contributed by atoms with Crippen molar-refractivity contribution in [3.63, 3.8) is 0 Å². The van der Waals surface area contributed by atoms with E-state index in [2.05, 4.69) is 37.2 Å². The summed E-state index contributed by atoms with van der Waals surface area (Å²) >= 11 is 0. The number of aliphatic hydroxyl groups excluding tert-OH is 4. The van der Waals surface area contributed by atoms with Crippen LogP contribution in [0.4, 0.5) is 0 Å². The summed E-state index contributed by atoms with van der Waals surface area (Å²) in [7, 11) is 1.58. The first-order valence-electron chi connectivity index (χ1n) is 28.8. The third-order valence-electron chi connectivity index (χ3n) is 15.5. The first-order chi connectivity index (χ1) is 40.8. The first kappa shape index (κ1) is 69.0. The highest BCUT2D eigenvalue weighted by Crippen LogP contribution is 2.29. The number of nitrogens with two attached hydrogens (primary N) is 2. The van der Waals surface area contributed by atoms with Gasteiger partial charge in [-0.25, -0.2) is 4.79 Å². The molecule has 0 radical (unpaired) electrons. The summed E-state index contributed by atoms with van der Waals surface area (Å²) in [5.74, 6) is -10.8. The van der Waals surface area contributed by atoms with Crippen LogP contribution in [0.1, 0.15) is 89.2 Å². The van der Waals surface area contributed by atoms with Crippen molar-refractivity contribution in [3.8, 4) is 17.2 Å². The Morgan fingerprint density at radius 2 is 1.19 bits per heavy atom. The van der Waals surface area contributed by atoms with Gasteiger partial charge in [-0.15, -0.1) is 0 Å². The molecule has 0 bridgehead atoms. The number of rotatable bonds is 31. The molecule has 3 fully saturated rings. The van der Waals surface area contributed by atoms with Crippen molar-refractivity contribution in [2.24, 2.45) is 11.5 Å². The maximum absolute atomic E-state index is 14.9. The van der Waals surface area contributed by atoms with E-state index in [9.17, 15) is 88.8 Å². The number of carboxylic acids is 1. The zero-order valence-electron chi connectivity index (χ0n) is 48.4. The number of likely N-dealkylation sites (tertiary alicyclic amines) is 3. The van der Waals surface area contributed by atoms with Gasteiger partial charge in [-0.1, -0.05) is 18.2 Å². The molecule has 3 aliphatic rings. The summed E-state index contributed by atoms with van der Waals surface area (Å²) in [6, 6.07) is -5.39. The number of nitrogens with one attached hydrogen (secondary N) is 7. The average Bonchev–Trinajstić information content (AvgIpc) is 1.92. The van der Waals surface area contributed by atoms with Crippen LogP contribution in [0.5, 0.6) is 17.2 Å². The molecule has 3 saturated heterocycles. The Morgan fingerprint density at radius 3 is 1.79 bits per heavy atom. The normalized spacial score (nSPS) is 21.2. The molecule has 86 heavy (non-hydrogen) atoms. The molecule has 2 aromatic carbocycles. The number of aliphatic carboxylic acids is 1. The minimum absolute atomic E-state index is 0.0349. The van der Waals surface area contributed by atoms with Crippen LogP contribution < -0.4 is 48.7 Å². The fourth-order valence-corrected chi connectivity index (χ4v) is 10.6. The summed E-state index contributed by atoms with van der Waals surface area (Å²) in [5.41, 5.74) is 11.8. The van der Waals surface area contributed by atoms with Crippen LogP contribution in [0.25, 0.3) is 0 Å². The second kappa shape index (κ2) is 32.7. The molecule has 0 saturated carbocycles. The van der Waals surface area contributed by atoms with E-state index in [1.807, 2.05) is 0 Å². The molecule has 3 heterocycles. The van der Waals surface area contributed by atoms with Crippen LogP contribution in [0.3, 0.4) is 0 Å². The van der Waals surface area contributed by atoms with E-state index < -0.39 is 175 Å². The number of phenols is 3. The first-order valence-corrected chi connectivity index (χ1v) is 28.8. The topological polar surface area (TPSA) is 479 Å². The number of carbonyl (C=O) groups excluding carboxylic acids is 9. The molecule has 5 rings (SSSR count). The highest BCUT2D eigenvalue weighted by molar-refractivity contribution is 5.99. The lowest BCUT2D eigenvalue weighted by Crippen LogP contribution is -2.62. The number of β-amino-alcohol motifs (C(OH)–C–C–N with tert-alkyl or cyclic N) is 1. The highest BCUT2D eigenvalue weighted by Gasteiger charge is 2.50. The van der Waals surface area contributed by atoms with Crippen LogP contribution >= 0.6 is 0 Å². The Hall–Kier alpha value is -7.74. The van der Waals surface area contributed by atoms with Crippen molar-refractivity contribution in [2.45, 2.75) is 170 Å². The van der Waals surface area contributed by atoms with Gasteiger partial charge in [0.15, 0.2) is 11.5 Å². The molecule has 19 N–H and O–H groups in total. The smallest absolute Gasteiger partial charge is 0.326 e. The Bertz CT molecular complexity index is 2700. The van der Waals surface area contributed by atoms with E-state index >= 15 is 0 Å². The molecule has 0 spiro atoms. The monoisotopic (exact) mass is 1210 g/mol. The summed E-state index contributed by atoms with van der Waals surface area (Å²) < 4.78 is 0. The number of phenolic OH excluding ortho intramolecular Hbond substituents is 3. The standard InChI is InChI=1S/C56H84N12O18/c1-29(59-3)47(76)60-35(9-4-6-19-57)53(82)66-21-8-11-40(66)50(79)64-39(28-69)49(78)63-38(23-31-12-15-33(71)16-13-31)54(83)67-22-18-43(74)46(67)55(84)68-27-34(72)26-41(68)51(80)65-45(30(2)70)52(81)62-37(24-32-14-17-42(73)44(75)25-32)48(77)61-36(56(85)86)10-5-7-20-58/h12-17,25,29-30,34-41,43,45-46,59,69-75H,4-11,18-24,26-28,57-58H2,1-3H3,(H,60,76)(H,61,77)(H,62,81)(H,63,78)(H,64,79)(H,65,80)(H,85,86). The van der Waals surface area contributed by atoms with Crippen LogP contribution in [0, 0.1) is 0 Å². The van der Waals surface area contributed by atoms with Crippen molar-refractivity contribution in [1.82, 2.24) is 51.9 Å². The molecule has 30 nitrogen and oxygen atoms in total. The Labute approximate surface area is 496 Å². The fraction of sp³-hybridized carbons (Fsp3) is 0.607. The van der Waals surface area contributed by atoms with Gasteiger partial charge >= 0.3 is 5.97 Å². The molecule has 476 valence electrons. The lowest BCUT2D eigenvalue weighted by molar-refractivity contribution is -0.151. The number of hydrogen-bond acceptors (Lipinski definition) is 20. The van der Waals surface area contributed by atoms with Crippen molar-refractivity contribution in [3.05, 3.63) is 53.6 Å². The zero-order chi connectivity index (χ0) is 63.5. The number of benzene rings is 2. The van der Waals surface area contributed by atoms with Crippen molar-refractivity contribution >= 4 is 59.1 Å². The highest BCUT2D eigenvalue weighted by atomic mass is 16.4. The van der Waals surface area contributed by atoms with Crippen molar-refractivity contribution in [1.29, 1.82) is 0 Å². The molecule has 13 unspecified atom stereocenters. The SMILES string of the molecule is CNC(C)C(=O)NC(CCCCN)C(=O)N1CCCC1C(=O)NC(CO)C(=O)NC(Cc1ccc(O)cc1)C(=O)N1CCC(O)C1C(=O)N1CC(O)CC1C(=O)NC(C(=O)NC(Cc1ccc(O)c(O)c1)C(=O)NC(CCCCN)C(=O)O)C(C)O. The zero-order valence-corrected chi connectivity index (χ0v) is 48.4. The second-order valence-corrected chi connectivity index (χ2v) is 21.9. The van der Waals surface area contributed by atoms with Gasteiger partial charge in [-0.2, -0.15) is 0 Å². The van der Waals surface area contributed by atoms with E-state index in [1.165, 1.54) is 35.2 Å². The summed E-state index contributed by atoms with van der Waals surface area (Å²) in [4.78, 5) is 142. The minimum Gasteiger partial charge on any atom is -0.508 e.